The summed E-state index contributed by atoms with van der Waals surface area (Å²) in [6.45, 7) is 1.59. The molecule has 3 aromatic rings. The van der Waals surface area contributed by atoms with E-state index in [2.05, 4.69) is 27.0 Å². The molecule has 1 aliphatic rings. The van der Waals surface area contributed by atoms with Crippen LogP contribution >= 0.6 is 0 Å². The van der Waals surface area contributed by atoms with Crippen LogP contribution in [0.15, 0.2) is 60.7 Å². The van der Waals surface area contributed by atoms with Crippen LogP contribution < -0.4 is 20.7 Å². The molecule has 2 aromatic carbocycles. The van der Waals surface area contributed by atoms with Gasteiger partial charge in [0.05, 0.1) is 12.1 Å². The van der Waals surface area contributed by atoms with E-state index in [1.165, 1.54) is 5.56 Å². The second-order valence-electron chi connectivity index (χ2n) is 6.50. The van der Waals surface area contributed by atoms with Crippen molar-refractivity contribution in [1.29, 1.82) is 0 Å². The highest BCUT2D eigenvalue weighted by Gasteiger charge is 2.22. The molecule has 0 fully saturated rings. The summed E-state index contributed by atoms with van der Waals surface area (Å²) in [5, 5.41) is 10.0. The van der Waals surface area contributed by atoms with Crippen molar-refractivity contribution in [1.82, 2.24) is 15.6 Å². The Balaban J connectivity index is 1.16. The maximum atomic E-state index is 11.9. The highest BCUT2D eigenvalue weighted by Crippen LogP contribution is 2.27. The number of carbonyl (C=O) groups excluding carboxylic acids is 1. The molecule has 27 heavy (non-hydrogen) atoms. The number of nitrogens with zero attached hydrogens (tertiary/aromatic N) is 1. The lowest BCUT2D eigenvalue weighted by atomic mass is 10.1. The Morgan fingerprint density at radius 3 is 2.78 bits per heavy atom. The molecule has 0 saturated heterocycles. The van der Waals surface area contributed by atoms with E-state index in [4.69, 9.17) is 4.74 Å². The van der Waals surface area contributed by atoms with E-state index >= 15 is 0 Å². The Morgan fingerprint density at radius 1 is 1.00 bits per heavy atom. The Bertz CT molecular complexity index is 919. The topological polar surface area (TPSA) is 75.3 Å². The summed E-state index contributed by atoms with van der Waals surface area (Å²) in [4.78, 5) is 16.5. The molecule has 0 radical (unpaired) electrons. The third kappa shape index (κ3) is 4.28. The zero-order valence-electron chi connectivity index (χ0n) is 14.9. The van der Waals surface area contributed by atoms with Gasteiger partial charge in [-0.2, -0.15) is 0 Å². The number of hydrogen-bond donors (Lipinski definition) is 3. The van der Waals surface area contributed by atoms with Crippen molar-refractivity contribution in [3.05, 3.63) is 66.2 Å². The van der Waals surface area contributed by atoms with Gasteiger partial charge in [-0.25, -0.2) is 9.78 Å². The summed E-state index contributed by atoms with van der Waals surface area (Å²) < 4.78 is 5.81. The Morgan fingerprint density at radius 2 is 1.85 bits per heavy atom. The van der Waals surface area contributed by atoms with Gasteiger partial charge in [0.15, 0.2) is 0 Å². The summed E-state index contributed by atoms with van der Waals surface area (Å²) in [5.41, 5.74) is 2.14. The Hall–Kier alpha value is -3.28. The Labute approximate surface area is 157 Å². The largest absolute Gasteiger partial charge is 0.488 e. The first-order chi connectivity index (χ1) is 13.3. The number of fused-ring (bicyclic) bond motifs is 2. The number of ether oxygens (including phenoxy) is 1. The van der Waals surface area contributed by atoms with Gasteiger partial charge in [0.2, 0.25) is 0 Å². The molecule has 6 nitrogen and oxygen atoms in total. The van der Waals surface area contributed by atoms with Crippen molar-refractivity contribution in [2.45, 2.75) is 12.5 Å². The highest BCUT2D eigenvalue weighted by molar-refractivity contribution is 5.80. The molecule has 6 heteroatoms. The number of benzene rings is 2. The third-order valence-corrected chi connectivity index (χ3v) is 4.52. The third-order valence-electron chi connectivity index (χ3n) is 4.52. The Kier molecular flexibility index (Phi) is 5.05. The number of anilines is 1. The number of para-hydroxylation sites is 2. The molecule has 0 saturated carbocycles. The molecule has 0 bridgehead atoms. The van der Waals surface area contributed by atoms with E-state index in [0.29, 0.717) is 19.6 Å². The van der Waals surface area contributed by atoms with Gasteiger partial charge in [-0.15, -0.1) is 0 Å². The normalized spacial score (nSPS) is 15.0. The molecule has 1 aromatic heterocycles. The molecular weight excluding hydrogens is 340 g/mol. The maximum Gasteiger partial charge on any atom is 0.314 e. The molecule has 138 valence electrons. The molecule has 1 aliphatic heterocycles. The van der Waals surface area contributed by atoms with Crippen LogP contribution in [0.4, 0.5) is 10.6 Å². The van der Waals surface area contributed by atoms with Crippen LogP contribution in [0.5, 0.6) is 5.75 Å². The van der Waals surface area contributed by atoms with Gasteiger partial charge in [0, 0.05) is 24.9 Å². The molecule has 2 heterocycles. The second-order valence-corrected chi connectivity index (χ2v) is 6.50. The lowest BCUT2D eigenvalue weighted by molar-refractivity contribution is 0.214. The molecule has 2 amide bonds. The van der Waals surface area contributed by atoms with Crippen LogP contribution in [-0.2, 0) is 6.42 Å². The zero-order valence-corrected chi connectivity index (χ0v) is 14.9. The van der Waals surface area contributed by atoms with Crippen molar-refractivity contribution in [3.8, 4) is 5.75 Å². The average Bonchev–Trinajstić information content (AvgIpc) is 3.12. The fourth-order valence-corrected chi connectivity index (χ4v) is 3.17. The van der Waals surface area contributed by atoms with Gasteiger partial charge in [0.25, 0.3) is 0 Å². The van der Waals surface area contributed by atoms with Crippen molar-refractivity contribution >= 4 is 22.8 Å². The number of urea groups is 1. The minimum atomic E-state index is -0.192. The van der Waals surface area contributed by atoms with Crippen LogP contribution in [0.25, 0.3) is 10.9 Å². The number of hydrogen-bond acceptors (Lipinski definition) is 4. The smallest absolute Gasteiger partial charge is 0.314 e. The number of carbonyl (C=O) groups is 1. The van der Waals surface area contributed by atoms with Gasteiger partial charge in [-0.3, -0.25) is 0 Å². The summed E-state index contributed by atoms with van der Waals surface area (Å²) in [6.07, 6.45) is 0.819. The first-order valence-corrected chi connectivity index (χ1v) is 9.14. The van der Waals surface area contributed by atoms with Gasteiger partial charge >= 0.3 is 6.03 Å². The SMILES string of the molecule is O=C(NCCNc1ccc2ccccc2n1)NCC1Cc2ccccc2O1. The van der Waals surface area contributed by atoms with Crippen LogP contribution in [0, 0.1) is 0 Å². The second kappa shape index (κ2) is 7.95. The van der Waals surface area contributed by atoms with Gasteiger partial charge in [-0.05, 0) is 29.8 Å². The summed E-state index contributed by atoms with van der Waals surface area (Å²) >= 11 is 0. The van der Waals surface area contributed by atoms with Crippen LogP contribution in [0.2, 0.25) is 0 Å². The minimum absolute atomic E-state index is 0.00641. The number of rotatable bonds is 6. The minimum Gasteiger partial charge on any atom is -0.488 e. The lowest BCUT2D eigenvalue weighted by Crippen LogP contribution is -2.42. The maximum absolute atomic E-state index is 11.9. The lowest BCUT2D eigenvalue weighted by Gasteiger charge is -2.13. The van der Waals surface area contributed by atoms with Crippen molar-refractivity contribution in [2.75, 3.05) is 25.0 Å². The van der Waals surface area contributed by atoms with Gasteiger partial charge in [0.1, 0.15) is 17.7 Å². The van der Waals surface area contributed by atoms with E-state index < -0.39 is 0 Å². The van der Waals surface area contributed by atoms with Crippen LogP contribution in [0.1, 0.15) is 5.56 Å². The molecule has 3 N–H and O–H groups in total. The molecule has 0 aliphatic carbocycles. The average molecular weight is 362 g/mol. The van der Waals surface area contributed by atoms with Crippen molar-refractivity contribution in [2.24, 2.45) is 0 Å². The van der Waals surface area contributed by atoms with Crippen LogP contribution in [-0.4, -0.2) is 36.8 Å². The monoisotopic (exact) mass is 362 g/mol. The van der Waals surface area contributed by atoms with Crippen molar-refractivity contribution in [3.63, 3.8) is 0 Å². The predicted octanol–water partition coefficient (Wildman–Crippen LogP) is 2.95. The number of aromatic nitrogens is 1. The molecule has 0 spiro atoms. The van der Waals surface area contributed by atoms with E-state index in [9.17, 15) is 4.79 Å². The predicted molar refractivity (Wildman–Crippen MR) is 106 cm³/mol. The summed E-state index contributed by atoms with van der Waals surface area (Å²) in [6, 6.07) is 19.7. The van der Waals surface area contributed by atoms with E-state index in [-0.39, 0.29) is 12.1 Å². The highest BCUT2D eigenvalue weighted by atomic mass is 16.5. The molecule has 1 atom stereocenters. The summed E-state index contributed by atoms with van der Waals surface area (Å²) in [5.74, 6) is 1.71. The standard InChI is InChI=1S/C21H22N4O2/c26-21(24-14-17-13-16-6-2-4-8-19(16)27-17)23-12-11-22-20-10-9-15-5-1-3-7-18(15)25-20/h1-10,17H,11-14H2,(H,22,25)(H2,23,24,26). The number of pyridine rings is 1. The van der Waals surface area contributed by atoms with E-state index in [1.54, 1.807) is 0 Å². The molecule has 1 unspecified atom stereocenters. The quantitative estimate of drug-likeness (QED) is 0.590. The van der Waals surface area contributed by atoms with E-state index in [1.807, 2.05) is 54.6 Å². The van der Waals surface area contributed by atoms with Gasteiger partial charge in [-0.1, -0.05) is 36.4 Å². The fraction of sp³-hybridized carbons (Fsp3) is 0.238. The first kappa shape index (κ1) is 17.1. The number of nitrogens with one attached hydrogen (secondary N) is 3. The van der Waals surface area contributed by atoms with E-state index in [0.717, 1.165) is 28.9 Å². The van der Waals surface area contributed by atoms with Gasteiger partial charge < -0.3 is 20.7 Å². The number of amides is 2. The zero-order chi connectivity index (χ0) is 18.5. The summed E-state index contributed by atoms with van der Waals surface area (Å²) in [7, 11) is 0. The molecular formula is C21H22N4O2. The first-order valence-electron chi connectivity index (χ1n) is 9.14. The van der Waals surface area contributed by atoms with Crippen LogP contribution in [0.3, 0.4) is 0 Å². The molecule has 4 rings (SSSR count). The van der Waals surface area contributed by atoms with Crippen molar-refractivity contribution < 1.29 is 9.53 Å². The fourth-order valence-electron chi connectivity index (χ4n) is 3.17.